The smallest absolute Gasteiger partial charge is 0.314 e. The molecule has 1 fully saturated rings. The number of hydrogen-bond donors (Lipinski definition) is 1. The molecule has 4 nitrogen and oxygen atoms in total. The second kappa shape index (κ2) is 5.00. The van der Waals surface area contributed by atoms with Gasteiger partial charge in [0.25, 0.3) is 0 Å². The first-order valence-corrected chi connectivity index (χ1v) is 7.34. The maximum absolute atomic E-state index is 11.9. The van der Waals surface area contributed by atoms with E-state index in [1.165, 1.54) is 0 Å². The Hall–Kier alpha value is -1.71. The van der Waals surface area contributed by atoms with Gasteiger partial charge in [0.15, 0.2) is 11.5 Å². The van der Waals surface area contributed by atoms with E-state index in [4.69, 9.17) is 9.47 Å². The Bertz CT molecular complexity index is 530. The van der Waals surface area contributed by atoms with Gasteiger partial charge >= 0.3 is 5.97 Å². The molecule has 1 heterocycles. The van der Waals surface area contributed by atoms with E-state index in [1.54, 1.807) is 0 Å². The molecule has 1 saturated carbocycles. The number of carbonyl (C=O) groups is 1. The molecule has 0 aromatic heterocycles. The predicted molar refractivity (Wildman–Crippen MR) is 74.6 cm³/mol. The van der Waals surface area contributed by atoms with Crippen LogP contribution >= 0.6 is 0 Å². The van der Waals surface area contributed by atoms with E-state index >= 15 is 0 Å². The van der Waals surface area contributed by atoms with Crippen LogP contribution in [-0.4, -0.2) is 24.3 Å². The molecule has 108 valence electrons. The van der Waals surface area contributed by atoms with E-state index in [1.807, 2.05) is 12.1 Å². The zero-order chi connectivity index (χ0) is 14.2. The van der Waals surface area contributed by atoms with Crippen molar-refractivity contribution in [3.8, 4) is 11.5 Å². The average Bonchev–Trinajstić information content (AvgIpc) is 2.96. The maximum atomic E-state index is 11.9. The van der Waals surface area contributed by atoms with Crippen LogP contribution < -0.4 is 9.47 Å². The number of aryl methyl sites for hydroxylation is 1. The monoisotopic (exact) mass is 276 g/mol. The highest BCUT2D eigenvalue weighted by atomic mass is 16.6. The molecule has 0 amide bonds. The number of carboxylic acid groups (broad SMARTS) is 1. The lowest BCUT2D eigenvalue weighted by Gasteiger charge is -2.29. The SMILES string of the molecule is CCc1cc2c(cc1C1(C(=O)O)CCCC1)OCCO2. The largest absolute Gasteiger partial charge is 0.486 e. The molecule has 20 heavy (non-hydrogen) atoms. The fourth-order valence-corrected chi connectivity index (χ4v) is 3.45. The van der Waals surface area contributed by atoms with Gasteiger partial charge in [0.2, 0.25) is 0 Å². The van der Waals surface area contributed by atoms with Crippen molar-refractivity contribution < 1.29 is 19.4 Å². The van der Waals surface area contributed by atoms with Crippen LogP contribution in [0.2, 0.25) is 0 Å². The zero-order valence-corrected chi connectivity index (χ0v) is 11.8. The Morgan fingerprint density at radius 2 is 1.80 bits per heavy atom. The summed E-state index contributed by atoms with van der Waals surface area (Å²) in [7, 11) is 0. The van der Waals surface area contributed by atoms with E-state index < -0.39 is 11.4 Å². The molecule has 0 spiro atoms. The molecule has 1 aliphatic carbocycles. The summed E-state index contributed by atoms with van der Waals surface area (Å²) < 4.78 is 11.2. The summed E-state index contributed by atoms with van der Waals surface area (Å²) >= 11 is 0. The van der Waals surface area contributed by atoms with Crippen molar-refractivity contribution >= 4 is 5.97 Å². The lowest BCUT2D eigenvalue weighted by atomic mass is 9.76. The summed E-state index contributed by atoms with van der Waals surface area (Å²) in [6, 6.07) is 3.87. The molecule has 0 atom stereocenters. The second-order valence-corrected chi connectivity index (χ2v) is 5.60. The fraction of sp³-hybridized carbons (Fsp3) is 0.562. The highest BCUT2D eigenvalue weighted by Crippen LogP contribution is 2.46. The normalized spacial score (nSPS) is 19.9. The Morgan fingerprint density at radius 3 is 2.35 bits per heavy atom. The lowest BCUT2D eigenvalue weighted by molar-refractivity contribution is -0.143. The van der Waals surface area contributed by atoms with Crippen molar-refractivity contribution in [1.82, 2.24) is 0 Å². The third-order valence-corrected chi connectivity index (χ3v) is 4.53. The second-order valence-electron chi connectivity index (χ2n) is 5.60. The molecule has 0 radical (unpaired) electrons. The highest BCUT2D eigenvalue weighted by Gasteiger charge is 2.44. The summed E-state index contributed by atoms with van der Waals surface area (Å²) in [4.78, 5) is 11.9. The molecule has 1 aromatic carbocycles. The fourth-order valence-electron chi connectivity index (χ4n) is 3.45. The molecular formula is C16H20O4. The van der Waals surface area contributed by atoms with Crippen LogP contribution in [0.4, 0.5) is 0 Å². The third-order valence-electron chi connectivity index (χ3n) is 4.53. The Morgan fingerprint density at radius 1 is 1.20 bits per heavy atom. The number of carboxylic acids is 1. The highest BCUT2D eigenvalue weighted by molar-refractivity contribution is 5.83. The van der Waals surface area contributed by atoms with E-state index in [-0.39, 0.29) is 0 Å². The summed E-state index contributed by atoms with van der Waals surface area (Å²) in [5, 5.41) is 9.77. The molecule has 0 saturated heterocycles. The van der Waals surface area contributed by atoms with E-state index in [0.29, 0.717) is 19.0 Å². The van der Waals surface area contributed by atoms with Crippen molar-refractivity contribution in [2.45, 2.75) is 44.4 Å². The van der Waals surface area contributed by atoms with Crippen LogP contribution in [0.3, 0.4) is 0 Å². The van der Waals surface area contributed by atoms with Crippen molar-refractivity contribution in [3.05, 3.63) is 23.3 Å². The van der Waals surface area contributed by atoms with Gasteiger partial charge in [0.05, 0.1) is 5.41 Å². The molecule has 3 rings (SSSR count). The van der Waals surface area contributed by atoms with Gasteiger partial charge in [0.1, 0.15) is 13.2 Å². The summed E-state index contributed by atoms with van der Waals surface area (Å²) in [6.45, 7) is 3.14. The van der Waals surface area contributed by atoms with Crippen LogP contribution in [0.1, 0.15) is 43.7 Å². The molecule has 2 aliphatic rings. The van der Waals surface area contributed by atoms with Crippen molar-refractivity contribution in [1.29, 1.82) is 0 Å². The van der Waals surface area contributed by atoms with E-state index in [0.717, 1.165) is 49.0 Å². The number of rotatable bonds is 3. The third kappa shape index (κ3) is 1.94. The minimum Gasteiger partial charge on any atom is -0.486 e. The van der Waals surface area contributed by atoms with Gasteiger partial charge in [-0.25, -0.2) is 0 Å². The molecule has 1 N–H and O–H groups in total. The van der Waals surface area contributed by atoms with E-state index in [2.05, 4.69) is 6.92 Å². The number of hydrogen-bond acceptors (Lipinski definition) is 3. The van der Waals surface area contributed by atoms with Crippen molar-refractivity contribution in [2.75, 3.05) is 13.2 Å². The lowest BCUT2D eigenvalue weighted by Crippen LogP contribution is -2.34. The maximum Gasteiger partial charge on any atom is 0.314 e. The van der Waals surface area contributed by atoms with E-state index in [9.17, 15) is 9.90 Å². The van der Waals surface area contributed by atoms with Crippen molar-refractivity contribution in [2.24, 2.45) is 0 Å². The van der Waals surface area contributed by atoms with Crippen LogP contribution in [0.25, 0.3) is 0 Å². The van der Waals surface area contributed by atoms with Crippen LogP contribution in [0.5, 0.6) is 11.5 Å². The Labute approximate surface area is 118 Å². The van der Waals surface area contributed by atoms with Crippen LogP contribution in [-0.2, 0) is 16.6 Å². The minimum absolute atomic E-state index is 0.526. The van der Waals surface area contributed by atoms with Crippen LogP contribution in [0.15, 0.2) is 12.1 Å². The average molecular weight is 276 g/mol. The Balaban J connectivity index is 2.14. The van der Waals surface area contributed by atoms with Gasteiger partial charge < -0.3 is 14.6 Å². The number of ether oxygens (including phenoxy) is 2. The molecule has 4 heteroatoms. The molecule has 1 aromatic rings. The van der Waals surface area contributed by atoms with Gasteiger partial charge in [-0.1, -0.05) is 19.8 Å². The minimum atomic E-state index is -0.735. The molecule has 1 aliphatic heterocycles. The van der Waals surface area contributed by atoms with Gasteiger partial charge in [-0.2, -0.15) is 0 Å². The first kappa shape index (κ1) is 13.3. The quantitative estimate of drug-likeness (QED) is 0.922. The predicted octanol–water partition coefficient (Wildman–Crippen LogP) is 2.92. The molecule has 0 bridgehead atoms. The van der Waals surface area contributed by atoms with Gasteiger partial charge in [-0.15, -0.1) is 0 Å². The first-order valence-electron chi connectivity index (χ1n) is 7.34. The number of benzene rings is 1. The van der Waals surface area contributed by atoms with Gasteiger partial charge in [-0.05, 0) is 42.5 Å². The van der Waals surface area contributed by atoms with Crippen LogP contribution in [0, 0.1) is 0 Å². The number of fused-ring (bicyclic) bond motifs is 1. The summed E-state index contributed by atoms with van der Waals surface area (Å²) in [5.74, 6) is 0.729. The summed E-state index contributed by atoms with van der Waals surface area (Å²) in [5.41, 5.74) is 1.26. The standard InChI is InChI=1S/C16H20O4/c1-2-11-9-13-14(20-8-7-19-13)10-12(11)16(15(17)18)5-3-4-6-16/h9-10H,2-8H2,1H3,(H,17,18). The summed E-state index contributed by atoms with van der Waals surface area (Å²) in [6.07, 6.45) is 4.19. The molecule has 0 unspecified atom stereocenters. The first-order chi connectivity index (χ1) is 9.67. The van der Waals surface area contributed by atoms with Gasteiger partial charge in [-0.3, -0.25) is 4.79 Å². The Kier molecular flexibility index (Phi) is 3.32. The topological polar surface area (TPSA) is 55.8 Å². The van der Waals surface area contributed by atoms with Gasteiger partial charge in [0, 0.05) is 0 Å². The zero-order valence-electron chi connectivity index (χ0n) is 11.8. The molecular weight excluding hydrogens is 256 g/mol. The number of aliphatic carboxylic acids is 1. The van der Waals surface area contributed by atoms with Crippen molar-refractivity contribution in [3.63, 3.8) is 0 Å².